The highest BCUT2D eigenvalue weighted by atomic mass is 16.3. The lowest BCUT2D eigenvalue weighted by Crippen LogP contribution is -2.30. The Morgan fingerprint density at radius 3 is 2.79 bits per heavy atom. The van der Waals surface area contributed by atoms with E-state index in [4.69, 9.17) is 10.2 Å². The number of carbonyl (C=O) groups excluding carboxylic acids is 2. The fourth-order valence-electron chi connectivity index (χ4n) is 4.02. The number of imidazole rings is 1. The van der Waals surface area contributed by atoms with E-state index in [9.17, 15) is 9.59 Å². The Morgan fingerprint density at radius 2 is 2.10 bits per heavy atom. The molecule has 0 atom stereocenters. The van der Waals surface area contributed by atoms with E-state index in [1.807, 2.05) is 0 Å². The molecule has 1 saturated carbocycles. The van der Waals surface area contributed by atoms with E-state index in [1.165, 1.54) is 38.4 Å². The molecule has 0 unspecified atom stereocenters. The summed E-state index contributed by atoms with van der Waals surface area (Å²) < 4.78 is 7.11. The van der Waals surface area contributed by atoms with Crippen molar-refractivity contribution >= 4 is 17.5 Å². The number of hydrogen-bond acceptors (Lipinski definition) is 5. The molecule has 0 spiro atoms. The minimum absolute atomic E-state index is 0.0253. The second-order valence-corrected chi connectivity index (χ2v) is 7.67. The maximum absolute atomic E-state index is 13.1. The van der Waals surface area contributed by atoms with Crippen molar-refractivity contribution in [1.29, 1.82) is 0 Å². The minimum atomic E-state index is -0.694. The lowest BCUT2D eigenvalue weighted by molar-refractivity contribution is 0.0777. The summed E-state index contributed by atoms with van der Waals surface area (Å²) in [6, 6.07) is 5.20. The molecule has 0 radical (unpaired) electrons. The van der Waals surface area contributed by atoms with E-state index < -0.39 is 5.91 Å². The van der Waals surface area contributed by atoms with Gasteiger partial charge in [0.1, 0.15) is 12.0 Å². The Hall–Kier alpha value is -3.16. The summed E-state index contributed by atoms with van der Waals surface area (Å²) >= 11 is 0. The third kappa shape index (κ3) is 3.87. The van der Waals surface area contributed by atoms with Gasteiger partial charge in [-0.05, 0) is 30.5 Å². The van der Waals surface area contributed by atoms with E-state index in [1.54, 1.807) is 40.8 Å². The molecule has 0 aliphatic heterocycles. The molecule has 0 aromatic carbocycles. The number of fused-ring (bicyclic) bond motifs is 1. The number of aromatic nitrogens is 3. The van der Waals surface area contributed by atoms with Crippen molar-refractivity contribution < 1.29 is 14.0 Å². The van der Waals surface area contributed by atoms with Crippen LogP contribution in [0.25, 0.3) is 17.1 Å². The lowest BCUT2D eigenvalue weighted by Gasteiger charge is -2.24. The maximum atomic E-state index is 13.1. The van der Waals surface area contributed by atoms with Crippen LogP contribution in [0.3, 0.4) is 0 Å². The highest BCUT2D eigenvalue weighted by Gasteiger charge is 2.22. The van der Waals surface area contributed by atoms with E-state index >= 15 is 0 Å². The Morgan fingerprint density at radius 1 is 1.31 bits per heavy atom. The van der Waals surface area contributed by atoms with Gasteiger partial charge in [-0.25, -0.2) is 9.97 Å². The van der Waals surface area contributed by atoms with E-state index in [2.05, 4.69) is 9.97 Å². The molecule has 152 valence electrons. The third-order valence-corrected chi connectivity index (χ3v) is 5.67. The van der Waals surface area contributed by atoms with Crippen molar-refractivity contribution in [3.63, 3.8) is 0 Å². The first-order valence-corrected chi connectivity index (χ1v) is 10.0. The van der Waals surface area contributed by atoms with Gasteiger partial charge in [0.25, 0.3) is 11.8 Å². The van der Waals surface area contributed by atoms with Gasteiger partial charge in [-0.15, -0.1) is 0 Å². The lowest BCUT2D eigenvalue weighted by atomic mass is 9.87. The SMILES string of the molecule is CN(CCC1CCCCC1)C(=O)c1cc(-c2ccco2)n2cnc(C(N)=O)c2n1. The number of furan rings is 1. The summed E-state index contributed by atoms with van der Waals surface area (Å²) in [5.74, 6) is 0.336. The molecule has 2 amide bonds. The number of rotatable bonds is 6. The van der Waals surface area contributed by atoms with Gasteiger partial charge < -0.3 is 15.1 Å². The number of carbonyl (C=O) groups is 2. The summed E-state index contributed by atoms with van der Waals surface area (Å²) in [4.78, 5) is 35.0. The van der Waals surface area contributed by atoms with E-state index in [0.29, 0.717) is 23.9 Å². The third-order valence-electron chi connectivity index (χ3n) is 5.67. The quantitative estimate of drug-likeness (QED) is 0.690. The largest absolute Gasteiger partial charge is 0.463 e. The van der Waals surface area contributed by atoms with Crippen LogP contribution in [-0.4, -0.2) is 44.7 Å². The maximum Gasteiger partial charge on any atom is 0.272 e. The fraction of sp³-hybridized carbons (Fsp3) is 0.429. The molecule has 0 bridgehead atoms. The topological polar surface area (TPSA) is 107 Å². The predicted octanol–water partition coefficient (Wildman–Crippen LogP) is 3.13. The van der Waals surface area contributed by atoms with Gasteiger partial charge in [0.05, 0.1) is 12.0 Å². The first-order valence-electron chi connectivity index (χ1n) is 10.0. The zero-order valence-electron chi connectivity index (χ0n) is 16.5. The van der Waals surface area contributed by atoms with Gasteiger partial charge in [-0.3, -0.25) is 14.0 Å². The second-order valence-electron chi connectivity index (χ2n) is 7.67. The summed E-state index contributed by atoms with van der Waals surface area (Å²) in [6.45, 7) is 0.675. The molecule has 29 heavy (non-hydrogen) atoms. The molecule has 4 rings (SSSR count). The van der Waals surface area contributed by atoms with Gasteiger partial charge in [-0.1, -0.05) is 32.1 Å². The Balaban J connectivity index is 1.64. The zero-order chi connectivity index (χ0) is 20.4. The van der Waals surface area contributed by atoms with Crippen LogP contribution in [0.4, 0.5) is 0 Å². The van der Waals surface area contributed by atoms with Crippen LogP contribution in [0.5, 0.6) is 0 Å². The van der Waals surface area contributed by atoms with Crippen molar-refractivity contribution in [1.82, 2.24) is 19.3 Å². The van der Waals surface area contributed by atoms with Gasteiger partial charge in [0.15, 0.2) is 17.1 Å². The molecule has 3 aromatic rings. The summed E-state index contributed by atoms with van der Waals surface area (Å²) in [5, 5.41) is 0. The summed E-state index contributed by atoms with van der Waals surface area (Å²) in [6.07, 6.45) is 10.4. The zero-order valence-corrected chi connectivity index (χ0v) is 16.5. The Labute approximate surface area is 168 Å². The number of amides is 2. The van der Waals surface area contributed by atoms with Crippen LogP contribution in [0.2, 0.25) is 0 Å². The normalized spacial score (nSPS) is 14.9. The van der Waals surface area contributed by atoms with Gasteiger partial charge in [0.2, 0.25) is 0 Å². The molecular formula is C21H25N5O3. The smallest absolute Gasteiger partial charge is 0.272 e. The van der Waals surface area contributed by atoms with Crippen molar-refractivity contribution in [3.8, 4) is 11.5 Å². The first kappa shape index (κ1) is 19.2. The molecule has 1 aliphatic rings. The summed E-state index contributed by atoms with van der Waals surface area (Å²) in [5.41, 5.74) is 6.53. The average Bonchev–Trinajstić information content (AvgIpc) is 3.41. The Bertz CT molecular complexity index is 1020. The van der Waals surface area contributed by atoms with Gasteiger partial charge in [-0.2, -0.15) is 0 Å². The number of nitrogens with zero attached hydrogens (tertiary/aromatic N) is 4. The van der Waals surface area contributed by atoms with Crippen molar-refractivity contribution in [2.24, 2.45) is 11.7 Å². The van der Waals surface area contributed by atoms with Crippen molar-refractivity contribution in [3.05, 3.63) is 42.2 Å². The van der Waals surface area contributed by atoms with Crippen LogP contribution in [0, 0.1) is 5.92 Å². The molecule has 1 fully saturated rings. The minimum Gasteiger partial charge on any atom is -0.463 e. The number of hydrogen-bond donors (Lipinski definition) is 1. The molecule has 3 heterocycles. The van der Waals surface area contributed by atoms with Crippen molar-refractivity contribution in [2.75, 3.05) is 13.6 Å². The van der Waals surface area contributed by atoms with Crippen LogP contribution < -0.4 is 5.73 Å². The molecular weight excluding hydrogens is 370 g/mol. The van der Waals surface area contributed by atoms with Crippen LogP contribution in [0.1, 0.15) is 59.5 Å². The predicted molar refractivity (Wildman–Crippen MR) is 107 cm³/mol. The van der Waals surface area contributed by atoms with E-state index in [-0.39, 0.29) is 22.9 Å². The molecule has 8 nitrogen and oxygen atoms in total. The second kappa shape index (κ2) is 8.06. The number of primary amides is 1. The number of nitrogens with two attached hydrogens (primary N) is 1. The molecule has 1 aliphatic carbocycles. The highest BCUT2D eigenvalue weighted by molar-refractivity contribution is 5.99. The van der Waals surface area contributed by atoms with Gasteiger partial charge >= 0.3 is 0 Å². The first-order chi connectivity index (χ1) is 14.0. The molecule has 3 aromatic heterocycles. The molecule has 8 heteroatoms. The van der Waals surface area contributed by atoms with Gasteiger partial charge in [0, 0.05) is 13.6 Å². The fourth-order valence-corrected chi connectivity index (χ4v) is 4.02. The average molecular weight is 395 g/mol. The highest BCUT2D eigenvalue weighted by Crippen LogP contribution is 2.27. The standard InChI is InChI=1S/C21H25N5O3/c1-25(10-9-14-6-3-2-4-7-14)21(28)15-12-16(17-8-5-11-29-17)26-13-23-18(19(22)27)20(26)24-15/h5,8,11-14H,2-4,6-7,9-10H2,1H3,(H2,22,27). The van der Waals surface area contributed by atoms with Crippen LogP contribution in [0.15, 0.2) is 35.2 Å². The van der Waals surface area contributed by atoms with Crippen LogP contribution in [-0.2, 0) is 0 Å². The molecule has 2 N–H and O–H groups in total. The molecule has 0 saturated heterocycles. The van der Waals surface area contributed by atoms with E-state index in [0.717, 1.165) is 6.42 Å². The Kier molecular flexibility index (Phi) is 5.33. The monoisotopic (exact) mass is 395 g/mol. The van der Waals surface area contributed by atoms with Crippen LogP contribution >= 0.6 is 0 Å². The summed E-state index contributed by atoms with van der Waals surface area (Å²) in [7, 11) is 1.79. The van der Waals surface area contributed by atoms with Crippen molar-refractivity contribution in [2.45, 2.75) is 38.5 Å².